The Hall–Kier alpha value is -2.44. The number of amides is 1. The van der Waals surface area contributed by atoms with Crippen LogP contribution in [0.15, 0.2) is 36.5 Å². The van der Waals surface area contributed by atoms with Gasteiger partial charge >= 0.3 is 6.18 Å². The molecule has 0 fully saturated rings. The van der Waals surface area contributed by atoms with Gasteiger partial charge in [-0.15, -0.1) is 0 Å². The number of carbonyl (C=O) groups is 1. The van der Waals surface area contributed by atoms with E-state index in [0.29, 0.717) is 23.5 Å². The van der Waals surface area contributed by atoms with Crippen molar-refractivity contribution >= 4 is 11.6 Å². The number of aryl methyl sites for hydroxylation is 1. The van der Waals surface area contributed by atoms with E-state index >= 15 is 0 Å². The Bertz CT molecular complexity index is 683. The lowest BCUT2D eigenvalue weighted by molar-refractivity contribution is -0.140. The van der Waals surface area contributed by atoms with Gasteiger partial charge in [0.05, 0.1) is 5.56 Å². The van der Waals surface area contributed by atoms with Crippen LogP contribution in [0.5, 0.6) is 0 Å². The molecule has 0 aliphatic carbocycles. The highest BCUT2D eigenvalue weighted by atomic mass is 19.4. The summed E-state index contributed by atoms with van der Waals surface area (Å²) in [6.45, 7) is 1.70. The highest BCUT2D eigenvalue weighted by Gasteiger charge is 2.34. The Kier molecular flexibility index (Phi) is 3.93. The van der Waals surface area contributed by atoms with E-state index < -0.39 is 23.5 Å². The van der Waals surface area contributed by atoms with Gasteiger partial charge in [0, 0.05) is 23.1 Å². The number of carbonyl (C=O) groups excluding carboxylic acids is 1. The van der Waals surface area contributed by atoms with Crippen molar-refractivity contribution in [3.63, 3.8) is 0 Å². The Morgan fingerprint density at radius 1 is 1.19 bits per heavy atom. The van der Waals surface area contributed by atoms with Crippen LogP contribution in [0.1, 0.15) is 21.6 Å². The predicted molar refractivity (Wildman–Crippen MR) is 68.3 cm³/mol. The van der Waals surface area contributed by atoms with E-state index in [0.717, 1.165) is 6.07 Å². The lowest BCUT2D eigenvalue weighted by Gasteiger charge is -2.10. The molecule has 1 aromatic carbocycles. The number of pyridine rings is 1. The van der Waals surface area contributed by atoms with Gasteiger partial charge in [0.15, 0.2) is 0 Å². The Morgan fingerprint density at radius 2 is 1.90 bits per heavy atom. The van der Waals surface area contributed by atoms with E-state index in [-0.39, 0.29) is 5.56 Å². The molecule has 0 spiro atoms. The standard InChI is InChI=1S/C14H10F4N2O/c1-8-6-10(4-5-19-8)20-13(21)9-2-3-12(15)11(7-9)14(16,17)18/h2-7H,1H3,(H,19,20,21). The average Bonchev–Trinajstić information content (AvgIpc) is 2.37. The number of nitrogens with zero attached hydrogens (tertiary/aromatic N) is 1. The van der Waals surface area contributed by atoms with Gasteiger partial charge in [0.1, 0.15) is 5.82 Å². The van der Waals surface area contributed by atoms with Crippen LogP contribution in [0.25, 0.3) is 0 Å². The van der Waals surface area contributed by atoms with Gasteiger partial charge in [-0.3, -0.25) is 9.78 Å². The van der Waals surface area contributed by atoms with Crippen molar-refractivity contribution in [3.05, 3.63) is 59.2 Å². The fourth-order valence-corrected chi connectivity index (χ4v) is 1.71. The zero-order valence-corrected chi connectivity index (χ0v) is 10.8. The molecular weight excluding hydrogens is 288 g/mol. The van der Waals surface area contributed by atoms with E-state index in [2.05, 4.69) is 10.3 Å². The summed E-state index contributed by atoms with van der Waals surface area (Å²) in [5, 5.41) is 2.43. The zero-order chi connectivity index (χ0) is 15.6. The van der Waals surface area contributed by atoms with Gasteiger partial charge in [-0.1, -0.05) is 0 Å². The number of benzene rings is 1. The molecule has 3 nitrogen and oxygen atoms in total. The fraction of sp³-hybridized carbons (Fsp3) is 0.143. The minimum atomic E-state index is -4.85. The number of anilines is 1. The molecule has 7 heteroatoms. The first-order chi connectivity index (χ1) is 9.77. The molecule has 0 atom stereocenters. The smallest absolute Gasteiger partial charge is 0.322 e. The summed E-state index contributed by atoms with van der Waals surface area (Å²) in [4.78, 5) is 15.8. The summed E-state index contributed by atoms with van der Waals surface area (Å²) in [5.74, 6) is -2.18. The lowest BCUT2D eigenvalue weighted by atomic mass is 10.1. The van der Waals surface area contributed by atoms with Crippen LogP contribution in [0.4, 0.5) is 23.2 Å². The van der Waals surface area contributed by atoms with Gasteiger partial charge in [0.25, 0.3) is 5.91 Å². The molecule has 0 unspecified atom stereocenters. The van der Waals surface area contributed by atoms with E-state index in [1.165, 1.54) is 12.3 Å². The molecule has 1 heterocycles. The van der Waals surface area contributed by atoms with Crippen molar-refractivity contribution in [2.75, 3.05) is 5.32 Å². The van der Waals surface area contributed by atoms with Crippen molar-refractivity contribution < 1.29 is 22.4 Å². The fourth-order valence-electron chi connectivity index (χ4n) is 1.71. The molecule has 1 aromatic heterocycles. The molecule has 0 saturated carbocycles. The number of alkyl halides is 3. The van der Waals surface area contributed by atoms with Crippen molar-refractivity contribution in [2.45, 2.75) is 13.1 Å². The largest absolute Gasteiger partial charge is 0.419 e. The summed E-state index contributed by atoms with van der Waals surface area (Å²) in [7, 11) is 0. The van der Waals surface area contributed by atoms with Crippen LogP contribution >= 0.6 is 0 Å². The second kappa shape index (κ2) is 5.51. The maximum absolute atomic E-state index is 13.1. The third kappa shape index (κ3) is 3.56. The molecule has 110 valence electrons. The van der Waals surface area contributed by atoms with Crippen molar-refractivity contribution in [2.24, 2.45) is 0 Å². The maximum Gasteiger partial charge on any atom is 0.419 e. The van der Waals surface area contributed by atoms with Crippen LogP contribution < -0.4 is 5.32 Å². The molecule has 0 saturated heterocycles. The van der Waals surface area contributed by atoms with Crippen LogP contribution in [0.2, 0.25) is 0 Å². The van der Waals surface area contributed by atoms with Gasteiger partial charge in [-0.05, 0) is 37.3 Å². The van der Waals surface area contributed by atoms with Crippen LogP contribution in [0, 0.1) is 12.7 Å². The summed E-state index contributed by atoms with van der Waals surface area (Å²) in [6, 6.07) is 5.16. The Labute approximate surface area is 117 Å². The Balaban J connectivity index is 2.28. The van der Waals surface area contributed by atoms with Crippen molar-refractivity contribution in [1.29, 1.82) is 0 Å². The van der Waals surface area contributed by atoms with E-state index in [1.807, 2.05) is 0 Å². The molecule has 21 heavy (non-hydrogen) atoms. The van der Waals surface area contributed by atoms with Gasteiger partial charge < -0.3 is 5.32 Å². The molecule has 2 rings (SSSR count). The summed E-state index contributed by atoms with van der Waals surface area (Å²) in [6.07, 6.45) is -3.40. The molecule has 1 amide bonds. The average molecular weight is 298 g/mol. The maximum atomic E-state index is 13.1. The number of halogens is 4. The van der Waals surface area contributed by atoms with E-state index in [4.69, 9.17) is 0 Å². The topological polar surface area (TPSA) is 42.0 Å². The molecule has 2 aromatic rings. The summed E-state index contributed by atoms with van der Waals surface area (Å²) in [5.41, 5.74) is -0.715. The quantitative estimate of drug-likeness (QED) is 0.857. The third-order valence-electron chi connectivity index (χ3n) is 2.69. The normalized spacial score (nSPS) is 11.3. The van der Waals surface area contributed by atoms with Gasteiger partial charge in [0.2, 0.25) is 0 Å². The highest BCUT2D eigenvalue weighted by Crippen LogP contribution is 2.32. The molecule has 0 aliphatic rings. The minimum absolute atomic E-state index is 0.279. The molecular formula is C14H10F4N2O. The SMILES string of the molecule is Cc1cc(NC(=O)c2ccc(F)c(C(F)(F)F)c2)ccn1. The second-order valence-corrected chi connectivity index (χ2v) is 4.33. The third-order valence-corrected chi connectivity index (χ3v) is 2.69. The Morgan fingerprint density at radius 3 is 2.52 bits per heavy atom. The second-order valence-electron chi connectivity index (χ2n) is 4.33. The number of nitrogens with one attached hydrogen (secondary N) is 1. The molecule has 1 N–H and O–H groups in total. The van der Waals surface area contributed by atoms with Crippen molar-refractivity contribution in [3.8, 4) is 0 Å². The molecule has 0 bridgehead atoms. The molecule has 0 aliphatic heterocycles. The number of aromatic nitrogens is 1. The first-order valence-electron chi connectivity index (χ1n) is 5.88. The highest BCUT2D eigenvalue weighted by molar-refractivity contribution is 6.04. The van der Waals surface area contributed by atoms with Gasteiger partial charge in [-0.2, -0.15) is 13.2 Å². The van der Waals surface area contributed by atoms with E-state index in [1.54, 1.807) is 13.0 Å². The molecule has 0 radical (unpaired) electrons. The number of hydrogen-bond donors (Lipinski definition) is 1. The predicted octanol–water partition coefficient (Wildman–Crippen LogP) is 3.80. The number of rotatable bonds is 2. The van der Waals surface area contributed by atoms with Crippen LogP contribution in [0.3, 0.4) is 0 Å². The van der Waals surface area contributed by atoms with Gasteiger partial charge in [-0.25, -0.2) is 4.39 Å². The summed E-state index contributed by atoms with van der Waals surface area (Å²) >= 11 is 0. The number of hydrogen-bond acceptors (Lipinski definition) is 2. The van der Waals surface area contributed by atoms with Crippen molar-refractivity contribution in [1.82, 2.24) is 4.98 Å². The lowest BCUT2D eigenvalue weighted by Crippen LogP contribution is -2.15. The first kappa shape index (κ1) is 15.0. The zero-order valence-electron chi connectivity index (χ0n) is 10.8. The van der Waals surface area contributed by atoms with Crippen LogP contribution in [-0.4, -0.2) is 10.9 Å². The first-order valence-corrected chi connectivity index (χ1v) is 5.88. The minimum Gasteiger partial charge on any atom is -0.322 e. The summed E-state index contributed by atoms with van der Waals surface area (Å²) < 4.78 is 50.9. The van der Waals surface area contributed by atoms with E-state index in [9.17, 15) is 22.4 Å². The van der Waals surface area contributed by atoms with Crippen LogP contribution in [-0.2, 0) is 6.18 Å². The monoisotopic (exact) mass is 298 g/mol.